The number of aryl methyl sites for hydroxylation is 1. The van der Waals surface area contributed by atoms with E-state index in [4.69, 9.17) is 4.74 Å². The molecule has 9 heteroatoms. The van der Waals surface area contributed by atoms with E-state index < -0.39 is 0 Å². The molecule has 1 amide bonds. The smallest absolute Gasteiger partial charge is 0.255 e. The van der Waals surface area contributed by atoms with Crippen molar-refractivity contribution in [2.24, 2.45) is 0 Å². The Morgan fingerprint density at radius 3 is 2.79 bits per heavy atom. The van der Waals surface area contributed by atoms with Gasteiger partial charge in [0.1, 0.15) is 11.6 Å². The van der Waals surface area contributed by atoms with E-state index in [-0.39, 0.29) is 5.91 Å². The predicted molar refractivity (Wildman–Crippen MR) is 130 cm³/mol. The van der Waals surface area contributed by atoms with Gasteiger partial charge >= 0.3 is 0 Å². The molecule has 3 aromatic rings. The second-order valence-corrected chi connectivity index (χ2v) is 7.55. The monoisotopic (exact) mass is 445 g/mol. The van der Waals surface area contributed by atoms with Crippen LogP contribution in [0.5, 0.6) is 0 Å². The molecule has 4 rings (SSSR count). The maximum absolute atomic E-state index is 12.9. The number of ether oxygens (including phenoxy) is 1. The third kappa shape index (κ3) is 5.83. The molecule has 1 aliphatic heterocycles. The van der Waals surface area contributed by atoms with Crippen LogP contribution in [0.4, 0.5) is 29.0 Å². The number of hydrogen-bond donors (Lipinski definition) is 3. The zero-order valence-corrected chi connectivity index (χ0v) is 18.5. The maximum Gasteiger partial charge on any atom is 0.255 e. The van der Waals surface area contributed by atoms with Gasteiger partial charge in [0.2, 0.25) is 5.95 Å². The minimum Gasteiger partial charge on any atom is -0.378 e. The largest absolute Gasteiger partial charge is 0.378 e. The Bertz CT molecular complexity index is 1130. The molecule has 0 unspecified atom stereocenters. The topological polar surface area (TPSA) is 104 Å². The first-order chi connectivity index (χ1) is 16.1. The number of rotatable bonds is 8. The van der Waals surface area contributed by atoms with Crippen molar-refractivity contribution >= 4 is 34.9 Å². The van der Waals surface area contributed by atoms with E-state index in [9.17, 15) is 4.79 Å². The fourth-order valence-corrected chi connectivity index (χ4v) is 3.38. The standard InChI is InChI=1S/C24H27N7O2/c1-3-8-26-24-27-10-7-21(30-24)29-20-16-19(5-4-17(20)2)28-23(32)18-6-9-25-22(15-18)31-11-13-33-14-12-31/h3-7,9-10,15-16H,1,8,11-14H2,2H3,(H,28,32)(H2,26,27,29,30). The summed E-state index contributed by atoms with van der Waals surface area (Å²) >= 11 is 0. The van der Waals surface area contributed by atoms with E-state index in [0.717, 1.165) is 30.2 Å². The summed E-state index contributed by atoms with van der Waals surface area (Å²) in [5.74, 6) is 1.74. The van der Waals surface area contributed by atoms with Crippen molar-refractivity contribution in [3.05, 3.63) is 72.6 Å². The number of hydrogen-bond acceptors (Lipinski definition) is 8. The Balaban J connectivity index is 1.47. The zero-order chi connectivity index (χ0) is 23.0. The number of benzene rings is 1. The van der Waals surface area contributed by atoms with Crippen molar-refractivity contribution in [2.45, 2.75) is 6.92 Å². The molecule has 1 aliphatic rings. The van der Waals surface area contributed by atoms with Crippen molar-refractivity contribution in [1.29, 1.82) is 0 Å². The average molecular weight is 446 g/mol. The second kappa shape index (κ2) is 10.6. The summed E-state index contributed by atoms with van der Waals surface area (Å²) in [5, 5.41) is 9.34. The first-order valence-corrected chi connectivity index (χ1v) is 10.8. The number of pyridine rings is 1. The van der Waals surface area contributed by atoms with Crippen LogP contribution in [-0.4, -0.2) is 53.7 Å². The third-order valence-electron chi connectivity index (χ3n) is 5.16. The molecule has 0 aliphatic carbocycles. The van der Waals surface area contributed by atoms with Gasteiger partial charge in [0.05, 0.1) is 13.2 Å². The van der Waals surface area contributed by atoms with E-state index in [1.54, 1.807) is 30.6 Å². The molecule has 2 aromatic heterocycles. The number of nitrogens with zero attached hydrogens (tertiary/aromatic N) is 4. The Hall–Kier alpha value is -3.98. The van der Waals surface area contributed by atoms with Gasteiger partial charge in [-0.3, -0.25) is 4.79 Å². The van der Waals surface area contributed by atoms with Crippen LogP contribution >= 0.6 is 0 Å². The van der Waals surface area contributed by atoms with Crippen molar-refractivity contribution in [2.75, 3.05) is 53.7 Å². The van der Waals surface area contributed by atoms with E-state index in [0.29, 0.717) is 42.8 Å². The predicted octanol–water partition coefficient (Wildman–Crippen LogP) is 3.61. The highest BCUT2D eigenvalue weighted by Crippen LogP contribution is 2.24. The number of carbonyl (C=O) groups is 1. The van der Waals surface area contributed by atoms with Gasteiger partial charge in [-0.25, -0.2) is 9.97 Å². The normalized spacial score (nSPS) is 13.3. The van der Waals surface area contributed by atoms with Gasteiger partial charge in [0.25, 0.3) is 5.91 Å². The zero-order valence-electron chi connectivity index (χ0n) is 18.5. The fraction of sp³-hybridized carbons (Fsp3) is 0.250. The first-order valence-electron chi connectivity index (χ1n) is 10.8. The summed E-state index contributed by atoms with van der Waals surface area (Å²) in [6.07, 6.45) is 5.08. The summed E-state index contributed by atoms with van der Waals surface area (Å²) in [5.41, 5.74) is 3.09. The Labute approximate surface area is 192 Å². The number of aromatic nitrogens is 3. The van der Waals surface area contributed by atoms with Crippen LogP contribution in [0.1, 0.15) is 15.9 Å². The van der Waals surface area contributed by atoms with Crippen molar-refractivity contribution < 1.29 is 9.53 Å². The molecule has 0 radical (unpaired) electrons. The summed E-state index contributed by atoms with van der Waals surface area (Å²) < 4.78 is 5.40. The van der Waals surface area contributed by atoms with Crippen LogP contribution in [0, 0.1) is 6.92 Å². The van der Waals surface area contributed by atoms with Crippen molar-refractivity contribution in [3.8, 4) is 0 Å². The molecule has 3 N–H and O–H groups in total. The number of amides is 1. The van der Waals surface area contributed by atoms with Gasteiger partial charge in [-0.15, -0.1) is 6.58 Å². The molecule has 0 saturated carbocycles. The fourth-order valence-electron chi connectivity index (χ4n) is 3.38. The quantitative estimate of drug-likeness (QED) is 0.452. The summed E-state index contributed by atoms with van der Waals surface area (Å²) in [4.78, 5) is 28.1. The van der Waals surface area contributed by atoms with E-state index in [2.05, 4.69) is 42.4 Å². The highest BCUT2D eigenvalue weighted by Gasteiger charge is 2.15. The lowest BCUT2D eigenvalue weighted by Crippen LogP contribution is -2.36. The first kappa shape index (κ1) is 22.2. The Kier molecular flexibility index (Phi) is 7.11. The van der Waals surface area contributed by atoms with Crippen LogP contribution < -0.4 is 20.9 Å². The minimum absolute atomic E-state index is 0.195. The highest BCUT2D eigenvalue weighted by atomic mass is 16.5. The van der Waals surface area contributed by atoms with E-state index in [1.165, 1.54) is 0 Å². The highest BCUT2D eigenvalue weighted by molar-refractivity contribution is 6.05. The molecule has 1 fully saturated rings. The minimum atomic E-state index is -0.195. The van der Waals surface area contributed by atoms with Gasteiger partial charge < -0.3 is 25.6 Å². The Morgan fingerprint density at radius 2 is 1.97 bits per heavy atom. The van der Waals surface area contributed by atoms with Gasteiger partial charge in [-0.05, 0) is 42.8 Å². The molecule has 0 spiro atoms. The number of carbonyl (C=O) groups excluding carboxylic acids is 1. The average Bonchev–Trinajstić information content (AvgIpc) is 2.85. The van der Waals surface area contributed by atoms with Crippen LogP contribution in [0.25, 0.3) is 0 Å². The van der Waals surface area contributed by atoms with Crippen LogP contribution in [-0.2, 0) is 4.74 Å². The van der Waals surface area contributed by atoms with Crippen LogP contribution in [0.2, 0.25) is 0 Å². The van der Waals surface area contributed by atoms with Crippen LogP contribution in [0.3, 0.4) is 0 Å². The SMILES string of the molecule is C=CCNc1nccc(Nc2cc(NC(=O)c3ccnc(N4CCOCC4)c3)ccc2C)n1. The molecule has 0 bridgehead atoms. The second-order valence-electron chi connectivity index (χ2n) is 7.55. The van der Waals surface area contributed by atoms with Gasteiger partial charge in [0, 0.05) is 49.0 Å². The molecule has 33 heavy (non-hydrogen) atoms. The van der Waals surface area contributed by atoms with E-state index >= 15 is 0 Å². The number of morpholine rings is 1. The maximum atomic E-state index is 12.9. The van der Waals surface area contributed by atoms with Gasteiger partial charge in [-0.1, -0.05) is 12.1 Å². The molecule has 3 heterocycles. The summed E-state index contributed by atoms with van der Waals surface area (Å²) in [7, 11) is 0. The molecular formula is C24H27N7O2. The van der Waals surface area contributed by atoms with Crippen LogP contribution in [0.15, 0.2) is 61.4 Å². The lowest BCUT2D eigenvalue weighted by atomic mass is 10.1. The van der Waals surface area contributed by atoms with Crippen molar-refractivity contribution in [1.82, 2.24) is 15.0 Å². The number of anilines is 5. The van der Waals surface area contributed by atoms with Gasteiger partial charge in [0.15, 0.2) is 0 Å². The lowest BCUT2D eigenvalue weighted by Gasteiger charge is -2.27. The molecule has 1 saturated heterocycles. The molecule has 0 atom stereocenters. The Morgan fingerprint density at radius 1 is 1.15 bits per heavy atom. The lowest BCUT2D eigenvalue weighted by molar-refractivity contribution is 0.102. The molecule has 1 aromatic carbocycles. The molecule has 170 valence electrons. The van der Waals surface area contributed by atoms with E-state index in [1.807, 2.05) is 31.2 Å². The third-order valence-corrected chi connectivity index (χ3v) is 5.16. The molecular weight excluding hydrogens is 418 g/mol. The summed E-state index contributed by atoms with van der Waals surface area (Å²) in [6, 6.07) is 11.0. The van der Waals surface area contributed by atoms with Gasteiger partial charge in [-0.2, -0.15) is 4.98 Å². The van der Waals surface area contributed by atoms with Crippen molar-refractivity contribution in [3.63, 3.8) is 0 Å². The summed E-state index contributed by atoms with van der Waals surface area (Å²) in [6.45, 7) is 9.10. The molecule has 9 nitrogen and oxygen atoms in total. The number of nitrogens with one attached hydrogen (secondary N) is 3.